The summed E-state index contributed by atoms with van der Waals surface area (Å²) in [5.41, 5.74) is 0.847. The zero-order valence-electron chi connectivity index (χ0n) is 13.9. The maximum absolute atomic E-state index is 12.6. The molecule has 6 heteroatoms. The maximum Gasteiger partial charge on any atom is 0.262 e. The first-order chi connectivity index (χ1) is 11.4. The summed E-state index contributed by atoms with van der Waals surface area (Å²) in [6.07, 6.45) is 0. The lowest BCUT2D eigenvalue weighted by atomic mass is 10.0. The second kappa shape index (κ2) is 8.31. The Labute approximate surface area is 151 Å². The van der Waals surface area contributed by atoms with E-state index in [-0.39, 0.29) is 23.8 Å². The van der Waals surface area contributed by atoms with Crippen LogP contribution in [0.4, 0.5) is 0 Å². The van der Waals surface area contributed by atoms with Crippen molar-refractivity contribution < 1.29 is 9.59 Å². The topological polar surface area (TPSA) is 58.2 Å². The molecule has 0 aliphatic heterocycles. The van der Waals surface area contributed by atoms with Crippen LogP contribution in [-0.2, 0) is 4.79 Å². The van der Waals surface area contributed by atoms with Crippen molar-refractivity contribution in [3.8, 4) is 0 Å². The zero-order chi connectivity index (χ0) is 17.7. The first-order valence-electron chi connectivity index (χ1n) is 7.79. The van der Waals surface area contributed by atoms with Gasteiger partial charge in [-0.3, -0.25) is 9.59 Å². The number of thiophene rings is 1. The van der Waals surface area contributed by atoms with E-state index < -0.39 is 6.04 Å². The van der Waals surface area contributed by atoms with Gasteiger partial charge >= 0.3 is 0 Å². The van der Waals surface area contributed by atoms with Gasteiger partial charge in [-0.15, -0.1) is 11.3 Å². The molecule has 0 saturated carbocycles. The van der Waals surface area contributed by atoms with Crippen molar-refractivity contribution in [2.24, 2.45) is 5.92 Å². The first kappa shape index (κ1) is 18.5. The Balaban J connectivity index is 2.06. The molecular formula is C18H21ClN2O2S. The SMILES string of the molecule is CC(NC(=O)C(NC(=O)c1cccs1)C(C)C)c1ccccc1Cl. The van der Waals surface area contributed by atoms with Crippen LogP contribution < -0.4 is 10.6 Å². The van der Waals surface area contributed by atoms with Crippen LogP contribution in [0.15, 0.2) is 41.8 Å². The van der Waals surface area contributed by atoms with E-state index in [2.05, 4.69) is 10.6 Å². The molecule has 128 valence electrons. The number of halogens is 1. The van der Waals surface area contributed by atoms with Gasteiger partial charge in [0.2, 0.25) is 5.91 Å². The van der Waals surface area contributed by atoms with E-state index in [1.807, 2.05) is 50.4 Å². The van der Waals surface area contributed by atoms with E-state index in [4.69, 9.17) is 11.6 Å². The van der Waals surface area contributed by atoms with Crippen molar-refractivity contribution in [3.05, 3.63) is 57.2 Å². The van der Waals surface area contributed by atoms with E-state index in [0.29, 0.717) is 9.90 Å². The van der Waals surface area contributed by atoms with Crippen molar-refractivity contribution in [1.82, 2.24) is 10.6 Å². The lowest BCUT2D eigenvalue weighted by Crippen LogP contribution is -2.50. The van der Waals surface area contributed by atoms with Crippen molar-refractivity contribution in [3.63, 3.8) is 0 Å². The minimum Gasteiger partial charge on any atom is -0.348 e. The number of amides is 2. The Morgan fingerprint density at radius 3 is 2.33 bits per heavy atom. The highest BCUT2D eigenvalue weighted by molar-refractivity contribution is 7.12. The number of carbonyl (C=O) groups excluding carboxylic acids is 2. The van der Waals surface area contributed by atoms with Crippen LogP contribution in [0.3, 0.4) is 0 Å². The molecule has 2 aromatic rings. The molecule has 0 radical (unpaired) electrons. The van der Waals surface area contributed by atoms with E-state index >= 15 is 0 Å². The summed E-state index contributed by atoms with van der Waals surface area (Å²) in [6, 6.07) is 10.1. The molecule has 1 heterocycles. The van der Waals surface area contributed by atoms with Crippen LogP contribution in [0.25, 0.3) is 0 Å². The molecule has 24 heavy (non-hydrogen) atoms. The molecule has 0 aliphatic carbocycles. The van der Waals surface area contributed by atoms with Gasteiger partial charge in [-0.2, -0.15) is 0 Å². The van der Waals surface area contributed by atoms with Crippen molar-refractivity contribution in [2.75, 3.05) is 0 Å². The van der Waals surface area contributed by atoms with Gasteiger partial charge in [0.25, 0.3) is 5.91 Å². The Hall–Kier alpha value is -1.85. The standard InChI is InChI=1S/C18H21ClN2O2S/c1-11(2)16(21-17(22)15-9-6-10-24-15)18(23)20-12(3)13-7-4-5-8-14(13)19/h4-12,16H,1-3H3,(H,20,23)(H,21,22). The zero-order valence-corrected chi connectivity index (χ0v) is 15.4. The fourth-order valence-corrected chi connectivity index (χ4v) is 3.29. The van der Waals surface area contributed by atoms with Crippen LogP contribution in [0.5, 0.6) is 0 Å². The van der Waals surface area contributed by atoms with E-state index in [0.717, 1.165) is 5.56 Å². The van der Waals surface area contributed by atoms with Crippen LogP contribution in [0, 0.1) is 5.92 Å². The number of rotatable bonds is 6. The maximum atomic E-state index is 12.6. The average molecular weight is 365 g/mol. The molecule has 0 fully saturated rings. The largest absolute Gasteiger partial charge is 0.348 e. The van der Waals surface area contributed by atoms with Gasteiger partial charge in [-0.05, 0) is 35.9 Å². The Morgan fingerprint density at radius 2 is 1.75 bits per heavy atom. The second-order valence-corrected chi connectivity index (χ2v) is 7.28. The molecule has 2 amide bonds. The normalized spacial score (nSPS) is 13.4. The molecule has 0 aliphatic rings. The Kier molecular flexibility index (Phi) is 6.40. The lowest BCUT2D eigenvalue weighted by Gasteiger charge is -2.24. The highest BCUT2D eigenvalue weighted by Gasteiger charge is 2.26. The third-order valence-electron chi connectivity index (χ3n) is 3.71. The summed E-state index contributed by atoms with van der Waals surface area (Å²) >= 11 is 7.52. The minimum absolute atomic E-state index is 0.0349. The molecule has 1 aromatic carbocycles. The van der Waals surface area contributed by atoms with Crippen LogP contribution in [0.1, 0.15) is 42.0 Å². The number of carbonyl (C=O) groups is 2. The third kappa shape index (κ3) is 4.58. The van der Waals surface area contributed by atoms with E-state index in [9.17, 15) is 9.59 Å². The van der Waals surface area contributed by atoms with Gasteiger partial charge in [0.15, 0.2) is 0 Å². The van der Waals surface area contributed by atoms with Crippen molar-refractivity contribution in [1.29, 1.82) is 0 Å². The first-order valence-corrected chi connectivity index (χ1v) is 9.05. The molecule has 2 N–H and O–H groups in total. The van der Waals surface area contributed by atoms with Crippen LogP contribution in [-0.4, -0.2) is 17.9 Å². The number of benzene rings is 1. The number of hydrogen-bond acceptors (Lipinski definition) is 3. The van der Waals surface area contributed by atoms with Gasteiger partial charge in [-0.1, -0.05) is 49.7 Å². The monoisotopic (exact) mass is 364 g/mol. The second-order valence-electron chi connectivity index (χ2n) is 5.92. The highest BCUT2D eigenvalue weighted by atomic mass is 35.5. The van der Waals surface area contributed by atoms with Gasteiger partial charge < -0.3 is 10.6 Å². The number of nitrogens with one attached hydrogen (secondary N) is 2. The molecular weight excluding hydrogens is 344 g/mol. The molecule has 2 rings (SSSR count). The summed E-state index contributed by atoms with van der Waals surface area (Å²) in [7, 11) is 0. The average Bonchev–Trinajstić information content (AvgIpc) is 3.06. The van der Waals surface area contributed by atoms with Crippen molar-refractivity contribution in [2.45, 2.75) is 32.9 Å². The third-order valence-corrected chi connectivity index (χ3v) is 4.92. The fourth-order valence-electron chi connectivity index (χ4n) is 2.36. The molecule has 2 unspecified atom stereocenters. The van der Waals surface area contributed by atoms with Crippen LogP contribution >= 0.6 is 22.9 Å². The summed E-state index contributed by atoms with van der Waals surface area (Å²) in [5.74, 6) is -0.487. The Bertz CT molecular complexity index is 701. The summed E-state index contributed by atoms with van der Waals surface area (Å²) in [4.78, 5) is 25.4. The quantitative estimate of drug-likeness (QED) is 0.812. The van der Waals surface area contributed by atoms with E-state index in [1.165, 1.54) is 11.3 Å². The predicted molar refractivity (Wildman–Crippen MR) is 98.4 cm³/mol. The van der Waals surface area contributed by atoms with Gasteiger partial charge in [0.1, 0.15) is 6.04 Å². The summed E-state index contributed by atoms with van der Waals surface area (Å²) in [5, 5.41) is 8.19. The lowest BCUT2D eigenvalue weighted by molar-refractivity contribution is -0.124. The van der Waals surface area contributed by atoms with Gasteiger partial charge in [0.05, 0.1) is 10.9 Å². The number of hydrogen-bond donors (Lipinski definition) is 2. The smallest absolute Gasteiger partial charge is 0.262 e. The molecule has 1 aromatic heterocycles. The highest BCUT2D eigenvalue weighted by Crippen LogP contribution is 2.22. The predicted octanol–water partition coefficient (Wildman–Crippen LogP) is 4.03. The van der Waals surface area contributed by atoms with E-state index in [1.54, 1.807) is 12.1 Å². The van der Waals surface area contributed by atoms with Crippen LogP contribution in [0.2, 0.25) is 5.02 Å². The van der Waals surface area contributed by atoms with Gasteiger partial charge in [-0.25, -0.2) is 0 Å². The minimum atomic E-state index is -0.607. The van der Waals surface area contributed by atoms with Gasteiger partial charge in [0, 0.05) is 5.02 Å². The molecule has 0 bridgehead atoms. The molecule has 2 atom stereocenters. The fraction of sp³-hybridized carbons (Fsp3) is 0.333. The summed E-state index contributed by atoms with van der Waals surface area (Å²) in [6.45, 7) is 5.68. The van der Waals surface area contributed by atoms with Crippen molar-refractivity contribution >= 4 is 34.8 Å². The Morgan fingerprint density at radius 1 is 1.04 bits per heavy atom. The molecule has 0 spiro atoms. The molecule has 0 saturated heterocycles. The molecule has 4 nitrogen and oxygen atoms in total. The summed E-state index contributed by atoms with van der Waals surface area (Å²) < 4.78 is 0.